The van der Waals surface area contributed by atoms with Crippen molar-refractivity contribution < 1.29 is 37.7 Å². The van der Waals surface area contributed by atoms with Crippen LogP contribution in [0.3, 0.4) is 0 Å². The SMILES string of the molecule is Cc1ccc(S(=O)(=O)CC(COC(=O)O)OC(=O)O)cc1. The number of ether oxygens (including phenoxy) is 2. The Kier molecular flexibility index (Phi) is 5.53. The van der Waals surface area contributed by atoms with Crippen molar-refractivity contribution in [3.63, 3.8) is 0 Å². The van der Waals surface area contributed by atoms with Crippen LogP contribution in [-0.2, 0) is 19.3 Å². The van der Waals surface area contributed by atoms with Crippen LogP contribution >= 0.6 is 0 Å². The largest absolute Gasteiger partial charge is 0.506 e. The number of carboxylic acid groups (broad SMARTS) is 2. The molecule has 0 radical (unpaired) electrons. The summed E-state index contributed by atoms with van der Waals surface area (Å²) >= 11 is 0. The summed E-state index contributed by atoms with van der Waals surface area (Å²) in [6.07, 6.45) is -4.81. The van der Waals surface area contributed by atoms with Gasteiger partial charge in [-0.3, -0.25) is 0 Å². The molecule has 0 heterocycles. The minimum atomic E-state index is -3.83. The Bertz CT molecular complexity index is 605. The van der Waals surface area contributed by atoms with Crippen LogP contribution in [-0.4, -0.2) is 49.4 Å². The lowest BCUT2D eigenvalue weighted by Crippen LogP contribution is -2.31. The zero-order valence-corrected chi connectivity index (χ0v) is 11.9. The van der Waals surface area contributed by atoms with Crippen LogP contribution in [0.2, 0.25) is 0 Å². The standard InChI is InChI=1S/C12H14O8S/c1-8-2-4-10(5-3-8)21(17,18)7-9(20-12(15)16)6-19-11(13)14/h2-5,9H,6-7H2,1H3,(H,13,14)(H,15,16). The van der Waals surface area contributed by atoms with E-state index in [-0.39, 0.29) is 4.90 Å². The molecule has 0 bridgehead atoms. The third-order valence-corrected chi connectivity index (χ3v) is 4.25. The second kappa shape index (κ2) is 6.93. The van der Waals surface area contributed by atoms with Gasteiger partial charge in [0.15, 0.2) is 15.9 Å². The van der Waals surface area contributed by atoms with Crippen molar-refractivity contribution in [1.29, 1.82) is 0 Å². The van der Waals surface area contributed by atoms with Gasteiger partial charge in [0.2, 0.25) is 0 Å². The number of hydrogen-bond donors (Lipinski definition) is 2. The minimum absolute atomic E-state index is 0.0117. The second-order valence-corrected chi connectivity index (χ2v) is 6.21. The van der Waals surface area contributed by atoms with Crippen LogP contribution in [0.5, 0.6) is 0 Å². The van der Waals surface area contributed by atoms with Crippen molar-refractivity contribution in [2.24, 2.45) is 0 Å². The predicted octanol–water partition coefficient (Wildman–Crippen LogP) is 1.53. The van der Waals surface area contributed by atoms with Crippen molar-refractivity contribution in [1.82, 2.24) is 0 Å². The van der Waals surface area contributed by atoms with Gasteiger partial charge in [-0.15, -0.1) is 0 Å². The average Bonchev–Trinajstić information content (AvgIpc) is 2.35. The number of aryl methyl sites for hydroxylation is 1. The van der Waals surface area contributed by atoms with Gasteiger partial charge in [0.05, 0.1) is 10.6 Å². The molecule has 1 unspecified atom stereocenters. The van der Waals surface area contributed by atoms with Gasteiger partial charge in [0, 0.05) is 0 Å². The third kappa shape index (κ3) is 5.69. The Hall–Kier alpha value is -2.29. The molecule has 1 atom stereocenters. The van der Waals surface area contributed by atoms with Crippen LogP contribution < -0.4 is 0 Å². The maximum absolute atomic E-state index is 12.1. The van der Waals surface area contributed by atoms with Gasteiger partial charge in [0.25, 0.3) is 0 Å². The van der Waals surface area contributed by atoms with Crippen LogP contribution in [0, 0.1) is 6.92 Å². The average molecular weight is 318 g/mol. The van der Waals surface area contributed by atoms with Crippen LogP contribution in [0.25, 0.3) is 0 Å². The number of rotatable bonds is 6. The zero-order chi connectivity index (χ0) is 16.0. The van der Waals surface area contributed by atoms with Gasteiger partial charge >= 0.3 is 12.3 Å². The van der Waals surface area contributed by atoms with E-state index in [0.717, 1.165) is 5.56 Å². The van der Waals surface area contributed by atoms with Crippen LogP contribution in [0.15, 0.2) is 29.2 Å². The summed E-state index contributed by atoms with van der Waals surface area (Å²) in [6.45, 7) is 1.08. The molecule has 1 rings (SSSR count). The normalized spacial score (nSPS) is 12.4. The summed E-state index contributed by atoms with van der Waals surface area (Å²) in [5.74, 6) is -0.713. The van der Waals surface area contributed by atoms with Crippen molar-refractivity contribution in [2.45, 2.75) is 17.9 Å². The molecule has 21 heavy (non-hydrogen) atoms. The molecule has 0 saturated heterocycles. The highest BCUT2D eigenvalue weighted by Gasteiger charge is 2.25. The van der Waals surface area contributed by atoms with E-state index in [1.54, 1.807) is 19.1 Å². The van der Waals surface area contributed by atoms with Gasteiger partial charge in [-0.05, 0) is 19.1 Å². The molecule has 0 aromatic heterocycles. The summed E-state index contributed by atoms with van der Waals surface area (Å²) in [4.78, 5) is 20.8. The number of sulfone groups is 1. The van der Waals surface area contributed by atoms with Gasteiger partial charge in [-0.25, -0.2) is 18.0 Å². The van der Waals surface area contributed by atoms with Crippen molar-refractivity contribution in [2.75, 3.05) is 12.4 Å². The Labute approximate surface area is 120 Å². The first kappa shape index (κ1) is 16.8. The van der Waals surface area contributed by atoms with E-state index >= 15 is 0 Å². The van der Waals surface area contributed by atoms with Gasteiger partial charge < -0.3 is 19.7 Å². The molecule has 9 heteroatoms. The Morgan fingerprint density at radius 2 is 1.71 bits per heavy atom. The molecule has 0 fully saturated rings. The molecular formula is C12H14O8S. The molecule has 0 aliphatic rings. The van der Waals surface area contributed by atoms with Crippen molar-refractivity contribution in [3.05, 3.63) is 29.8 Å². The Balaban J connectivity index is 2.86. The molecule has 0 aliphatic heterocycles. The van der Waals surface area contributed by atoms with E-state index < -0.39 is 40.6 Å². The third-order valence-electron chi connectivity index (χ3n) is 2.45. The van der Waals surface area contributed by atoms with Crippen molar-refractivity contribution >= 4 is 22.1 Å². The number of benzene rings is 1. The summed E-state index contributed by atoms with van der Waals surface area (Å²) < 4.78 is 32.7. The quantitative estimate of drug-likeness (QED) is 0.756. The summed E-state index contributed by atoms with van der Waals surface area (Å²) in [7, 11) is -3.83. The van der Waals surface area contributed by atoms with Gasteiger partial charge in [-0.1, -0.05) is 17.7 Å². The van der Waals surface area contributed by atoms with E-state index in [2.05, 4.69) is 9.47 Å². The minimum Gasteiger partial charge on any atom is -0.450 e. The van der Waals surface area contributed by atoms with Crippen molar-refractivity contribution in [3.8, 4) is 0 Å². The molecule has 116 valence electrons. The monoisotopic (exact) mass is 318 g/mol. The van der Waals surface area contributed by atoms with E-state index in [0.29, 0.717) is 0 Å². The van der Waals surface area contributed by atoms with Gasteiger partial charge in [-0.2, -0.15) is 0 Å². The number of hydrogen-bond acceptors (Lipinski definition) is 6. The second-order valence-electron chi connectivity index (χ2n) is 4.18. The fraction of sp³-hybridized carbons (Fsp3) is 0.333. The summed E-state index contributed by atoms with van der Waals surface area (Å²) in [5, 5.41) is 16.9. The lowest BCUT2D eigenvalue weighted by atomic mass is 10.2. The molecule has 1 aromatic rings. The first-order valence-corrected chi connectivity index (χ1v) is 7.40. The van der Waals surface area contributed by atoms with Gasteiger partial charge in [0.1, 0.15) is 6.61 Å². The summed E-state index contributed by atoms with van der Waals surface area (Å²) in [5.41, 5.74) is 0.862. The lowest BCUT2D eigenvalue weighted by molar-refractivity contribution is 0.0134. The Morgan fingerprint density at radius 1 is 1.14 bits per heavy atom. The topological polar surface area (TPSA) is 127 Å². The van der Waals surface area contributed by atoms with E-state index in [4.69, 9.17) is 10.2 Å². The highest BCUT2D eigenvalue weighted by molar-refractivity contribution is 7.91. The van der Waals surface area contributed by atoms with E-state index in [1.165, 1.54) is 12.1 Å². The molecule has 1 aromatic carbocycles. The molecule has 0 aliphatic carbocycles. The first-order chi connectivity index (χ1) is 9.70. The smallest absolute Gasteiger partial charge is 0.450 e. The van der Waals surface area contributed by atoms with E-state index in [1.807, 2.05) is 0 Å². The number of carbonyl (C=O) groups is 2. The fourth-order valence-corrected chi connectivity index (χ4v) is 2.91. The fourth-order valence-electron chi connectivity index (χ4n) is 1.51. The zero-order valence-electron chi connectivity index (χ0n) is 11.1. The molecular weight excluding hydrogens is 304 g/mol. The van der Waals surface area contributed by atoms with Crippen LogP contribution in [0.1, 0.15) is 5.56 Å². The highest BCUT2D eigenvalue weighted by Crippen LogP contribution is 2.14. The maximum Gasteiger partial charge on any atom is 0.506 e. The maximum atomic E-state index is 12.1. The van der Waals surface area contributed by atoms with E-state index in [9.17, 15) is 18.0 Å². The summed E-state index contributed by atoms with van der Waals surface area (Å²) in [6, 6.07) is 5.93. The molecule has 8 nitrogen and oxygen atoms in total. The van der Waals surface area contributed by atoms with Crippen LogP contribution in [0.4, 0.5) is 9.59 Å². The first-order valence-electron chi connectivity index (χ1n) is 5.75. The highest BCUT2D eigenvalue weighted by atomic mass is 32.2. The Morgan fingerprint density at radius 3 is 2.19 bits per heavy atom. The molecule has 0 saturated carbocycles. The molecule has 0 amide bonds. The molecule has 2 N–H and O–H groups in total. The predicted molar refractivity (Wildman–Crippen MR) is 70.1 cm³/mol. The molecule has 0 spiro atoms. The lowest BCUT2D eigenvalue weighted by Gasteiger charge is -2.15.